The van der Waals surface area contributed by atoms with Crippen molar-refractivity contribution in [2.24, 2.45) is 5.92 Å². The number of ether oxygens (including phenoxy) is 1. The van der Waals surface area contributed by atoms with Gasteiger partial charge < -0.3 is 14.1 Å². The standard InChI is InChI=1S/C13H16BrNO4/c1-2-18-13(17)9-4-3-7-15(8-9)12(16)10-5-6-11(14)19-10/h5-6,9H,2-4,7-8H2,1H3/t9-/m1/s1. The van der Waals surface area contributed by atoms with Crippen molar-refractivity contribution < 1.29 is 18.7 Å². The van der Waals surface area contributed by atoms with Crippen LogP contribution in [0.1, 0.15) is 30.3 Å². The molecule has 5 nitrogen and oxygen atoms in total. The van der Waals surface area contributed by atoms with Gasteiger partial charge in [-0.15, -0.1) is 0 Å². The topological polar surface area (TPSA) is 59.8 Å². The second-order valence-electron chi connectivity index (χ2n) is 4.45. The molecule has 1 atom stereocenters. The number of hydrogen-bond acceptors (Lipinski definition) is 4. The number of nitrogens with zero attached hydrogens (tertiary/aromatic N) is 1. The Balaban J connectivity index is 2.01. The lowest BCUT2D eigenvalue weighted by Gasteiger charge is -2.30. The maximum absolute atomic E-state index is 12.2. The number of hydrogen-bond donors (Lipinski definition) is 0. The Morgan fingerprint density at radius 2 is 2.32 bits per heavy atom. The molecule has 1 saturated heterocycles. The van der Waals surface area contributed by atoms with Crippen LogP contribution in [-0.4, -0.2) is 36.5 Å². The first-order valence-electron chi connectivity index (χ1n) is 6.33. The van der Waals surface area contributed by atoms with Crippen LogP contribution in [0.2, 0.25) is 0 Å². The normalized spacial score (nSPS) is 19.3. The van der Waals surface area contributed by atoms with E-state index >= 15 is 0 Å². The summed E-state index contributed by atoms with van der Waals surface area (Å²) in [6, 6.07) is 3.31. The summed E-state index contributed by atoms with van der Waals surface area (Å²) < 4.78 is 10.8. The van der Waals surface area contributed by atoms with Crippen molar-refractivity contribution in [3.05, 3.63) is 22.6 Å². The van der Waals surface area contributed by atoms with E-state index in [1.54, 1.807) is 24.0 Å². The van der Waals surface area contributed by atoms with Gasteiger partial charge in [0.1, 0.15) is 0 Å². The first-order chi connectivity index (χ1) is 9.11. The fourth-order valence-corrected chi connectivity index (χ4v) is 2.51. The van der Waals surface area contributed by atoms with Crippen molar-refractivity contribution in [3.63, 3.8) is 0 Å². The minimum Gasteiger partial charge on any atom is -0.466 e. The number of carbonyl (C=O) groups is 2. The highest BCUT2D eigenvalue weighted by molar-refractivity contribution is 9.10. The second-order valence-corrected chi connectivity index (χ2v) is 5.23. The molecule has 0 N–H and O–H groups in total. The van der Waals surface area contributed by atoms with Gasteiger partial charge in [-0.3, -0.25) is 9.59 Å². The van der Waals surface area contributed by atoms with E-state index in [1.807, 2.05) is 0 Å². The maximum atomic E-state index is 12.2. The SMILES string of the molecule is CCOC(=O)[C@@H]1CCCN(C(=O)c2ccc(Br)o2)C1. The second kappa shape index (κ2) is 6.23. The molecule has 0 saturated carbocycles. The molecule has 6 heteroatoms. The van der Waals surface area contributed by atoms with Gasteiger partial charge in [-0.05, 0) is 47.8 Å². The number of rotatable bonds is 3. The lowest BCUT2D eigenvalue weighted by atomic mass is 9.98. The van der Waals surface area contributed by atoms with Crippen molar-refractivity contribution in [2.45, 2.75) is 19.8 Å². The molecule has 1 amide bonds. The molecule has 1 aliphatic heterocycles. The van der Waals surface area contributed by atoms with E-state index in [0.29, 0.717) is 24.4 Å². The summed E-state index contributed by atoms with van der Waals surface area (Å²) >= 11 is 3.17. The van der Waals surface area contributed by atoms with Crippen LogP contribution in [0.5, 0.6) is 0 Å². The molecular weight excluding hydrogens is 314 g/mol. The van der Waals surface area contributed by atoms with Crippen molar-refractivity contribution in [1.82, 2.24) is 4.90 Å². The first-order valence-corrected chi connectivity index (χ1v) is 7.12. The average Bonchev–Trinajstić information content (AvgIpc) is 2.85. The third-order valence-electron chi connectivity index (χ3n) is 3.11. The summed E-state index contributed by atoms with van der Waals surface area (Å²) in [5, 5.41) is 0. The van der Waals surface area contributed by atoms with Gasteiger partial charge in [0.05, 0.1) is 12.5 Å². The van der Waals surface area contributed by atoms with Gasteiger partial charge >= 0.3 is 5.97 Å². The summed E-state index contributed by atoms with van der Waals surface area (Å²) in [5.41, 5.74) is 0. The minimum atomic E-state index is -0.226. The molecule has 0 bridgehead atoms. The van der Waals surface area contributed by atoms with Gasteiger partial charge in [0.2, 0.25) is 0 Å². The Labute approximate surface area is 120 Å². The van der Waals surface area contributed by atoms with E-state index in [2.05, 4.69) is 15.9 Å². The summed E-state index contributed by atoms with van der Waals surface area (Å²) in [7, 11) is 0. The van der Waals surface area contributed by atoms with E-state index in [0.717, 1.165) is 12.8 Å². The molecule has 1 fully saturated rings. The molecule has 0 radical (unpaired) electrons. The predicted molar refractivity (Wildman–Crippen MR) is 71.7 cm³/mol. The Hall–Kier alpha value is -1.30. The van der Waals surface area contributed by atoms with E-state index in [-0.39, 0.29) is 23.6 Å². The van der Waals surface area contributed by atoms with Gasteiger partial charge in [-0.2, -0.15) is 0 Å². The summed E-state index contributed by atoms with van der Waals surface area (Å²) in [6.45, 7) is 3.20. The van der Waals surface area contributed by atoms with Gasteiger partial charge in [-0.1, -0.05) is 0 Å². The van der Waals surface area contributed by atoms with Crippen LogP contribution in [0, 0.1) is 5.92 Å². The van der Waals surface area contributed by atoms with Crippen LogP contribution in [0.25, 0.3) is 0 Å². The zero-order valence-electron chi connectivity index (χ0n) is 10.7. The number of esters is 1. The number of furan rings is 1. The highest BCUT2D eigenvalue weighted by Gasteiger charge is 2.30. The van der Waals surface area contributed by atoms with Crippen LogP contribution in [0.4, 0.5) is 0 Å². The lowest BCUT2D eigenvalue weighted by molar-refractivity contribution is -0.149. The van der Waals surface area contributed by atoms with Crippen molar-refractivity contribution in [3.8, 4) is 0 Å². The third-order valence-corrected chi connectivity index (χ3v) is 3.54. The lowest BCUT2D eigenvalue weighted by Crippen LogP contribution is -2.42. The highest BCUT2D eigenvalue weighted by Crippen LogP contribution is 2.21. The zero-order valence-corrected chi connectivity index (χ0v) is 12.3. The molecule has 0 aliphatic carbocycles. The fourth-order valence-electron chi connectivity index (χ4n) is 2.20. The number of halogens is 1. The van der Waals surface area contributed by atoms with Crippen molar-refractivity contribution in [1.29, 1.82) is 0 Å². The molecule has 2 heterocycles. The predicted octanol–water partition coefficient (Wildman–Crippen LogP) is 2.46. The Kier molecular flexibility index (Phi) is 4.63. The van der Waals surface area contributed by atoms with Crippen LogP contribution >= 0.6 is 15.9 Å². The smallest absolute Gasteiger partial charge is 0.310 e. The highest BCUT2D eigenvalue weighted by atomic mass is 79.9. The van der Waals surface area contributed by atoms with Gasteiger partial charge in [0.15, 0.2) is 10.4 Å². The first kappa shape index (κ1) is 14.1. The quantitative estimate of drug-likeness (QED) is 0.799. The van der Waals surface area contributed by atoms with E-state index in [1.165, 1.54) is 0 Å². The molecule has 0 spiro atoms. The van der Waals surface area contributed by atoms with Gasteiger partial charge in [-0.25, -0.2) is 0 Å². The molecule has 19 heavy (non-hydrogen) atoms. The van der Waals surface area contributed by atoms with Gasteiger partial charge in [0.25, 0.3) is 5.91 Å². The third kappa shape index (κ3) is 3.37. The van der Waals surface area contributed by atoms with Gasteiger partial charge in [0, 0.05) is 13.1 Å². The monoisotopic (exact) mass is 329 g/mol. The zero-order chi connectivity index (χ0) is 13.8. The van der Waals surface area contributed by atoms with Crippen LogP contribution < -0.4 is 0 Å². The molecule has 0 unspecified atom stereocenters. The van der Waals surface area contributed by atoms with Crippen molar-refractivity contribution >= 4 is 27.8 Å². The fraction of sp³-hybridized carbons (Fsp3) is 0.538. The van der Waals surface area contributed by atoms with E-state index < -0.39 is 0 Å². The molecule has 1 aromatic heterocycles. The van der Waals surface area contributed by atoms with E-state index in [9.17, 15) is 9.59 Å². The number of piperidine rings is 1. The Bertz CT molecular complexity index is 471. The largest absolute Gasteiger partial charge is 0.466 e. The summed E-state index contributed by atoms with van der Waals surface area (Å²) in [4.78, 5) is 25.6. The molecule has 2 rings (SSSR count). The van der Waals surface area contributed by atoms with Crippen LogP contribution in [0.3, 0.4) is 0 Å². The van der Waals surface area contributed by atoms with Crippen LogP contribution in [0.15, 0.2) is 21.2 Å². The van der Waals surface area contributed by atoms with Crippen molar-refractivity contribution in [2.75, 3.05) is 19.7 Å². The summed E-state index contributed by atoms with van der Waals surface area (Å²) in [6.07, 6.45) is 1.57. The molecule has 0 aromatic carbocycles. The maximum Gasteiger partial charge on any atom is 0.310 e. The molecule has 104 valence electrons. The molecular formula is C13H16BrNO4. The van der Waals surface area contributed by atoms with E-state index in [4.69, 9.17) is 9.15 Å². The minimum absolute atomic E-state index is 0.181. The molecule has 1 aliphatic rings. The number of likely N-dealkylation sites (tertiary alicyclic amines) is 1. The Morgan fingerprint density at radius 3 is 2.95 bits per heavy atom. The number of amides is 1. The Morgan fingerprint density at radius 1 is 1.53 bits per heavy atom. The summed E-state index contributed by atoms with van der Waals surface area (Å²) in [5.74, 6) is -0.340. The molecule has 1 aromatic rings. The number of carbonyl (C=O) groups excluding carboxylic acids is 2. The average molecular weight is 330 g/mol. The van der Waals surface area contributed by atoms with Crippen LogP contribution in [-0.2, 0) is 9.53 Å².